The van der Waals surface area contributed by atoms with Crippen LogP contribution < -0.4 is 10.1 Å². The zero-order valence-corrected chi connectivity index (χ0v) is 25.1. The average molecular weight is 554 g/mol. The van der Waals surface area contributed by atoms with E-state index in [2.05, 4.69) is 25.7 Å². The lowest BCUT2D eigenvalue weighted by Crippen LogP contribution is -2.31. The minimum absolute atomic E-state index is 0.00909. The summed E-state index contributed by atoms with van der Waals surface area (Å²) in [5, 5.41) is 2.85. The molecule has 0 radical (unpaired) electrons. The van der Waals surface area contributed by atoms with E-state index in [-0.39, 0.29) is 29.7 Å². The van der Waals surface area contributed by atoms with Gasteiger partial charge in [0.2, 0.25) is 5.91 Å². The summed E-state index contributed by atoms with van der Waals surface area (Å²) in [7, 11) is 0. The van der Waals surface area contributed by atoms with Gasteiger partial charge in [0.25, 0.3) is 0 Å². The summed E-state index contributed by atoms with van der Waals surface area (Å²) in [6.45, 7) is 10.8. The van der Waals surface area contributed by atoms with E-state index in [9.17, 15) is 14.4 Å². The minimum atomic E-state index is -0.0786. The molecule has 0 unspecified atom stereocenters. The molecule has 0 aliphatic heterocycles. The van der Waals surface area contributed by atoms with Crippen LogP contribution in [-0.2, 0) is 19.1 Å². The second-order valence-electron chi connectivity index (χ2n) is 12.3. The normalized spacial score (nSPS) is 22.9. The molecule has 2 fully saturated rings. The second-order valence-corrected chi connectivity index (χ2v) is 12.3. The van der Waals surface area contributed by atoms with Crippen LogP contribution in [0.25, 0.3) is 0 Å². The fourth-order valence-corrected chi connectivity index (χ4v) is 6.30. The number of rotatable bonds is 14. The van der Waals surface area contributed by atoms with Gasteiger partial charge in [-0.1, -0.05) is 57.9 Å². The summed E-state index contributed by atoms with van der Waals surface area (Å²) in [4.78, 5) is 36.9. The van der Waals surface area contributed by atoms with E-state index in [4.69, 9.17) is 9.47 Å². The highest BCUT2D eigenvalue weighted by atomic mass is 16.5. The van der Waals surface area contributed by atoms with Gasteiger partial charge in [0.15, 0.2) is 0 Å². The van der Waals surface area contributed by atoms with Gasteiger partial charge in [0, 0.05) is 12.1 Å². The molecule has 0 aromatic heterocycles. The zero-order valence-electron chi connectivity index (χ0n) is 25.1. The Bertz CT molecular complexity index is 970. The summed E-state index contributed by atoms with van der Waals surface area (Å²) >= 11 is 0. The molecule has 1 aromatic rings. The van der Waals surface area contributed by atoms with E-state index < -0.39 is 0 Å². The summed E-state index contributed by atoms with van der Waals surface area (Å²) in [6, 6.07) is 7.86. The molecule has 2 aliphatic carbocycles. The van der Waals surface area contributed by atoms with Gasteiger partial charge in [0.05, 0.1) is 18.4 Å². The van der Waals surface area contributed by atoms with Crippen LogP contribution in [0.5, 0.6) is 5.75 Å². The fraction of sp³-hybridized carbons (Fsp3) is 0.676. The van der Waals surface area contributed by atoms with Crippen molar-refractivity contribution in [3.05, 3.63) is 42.0 Å². The predicted molar refractivity (Wildman–Crippen MR) is 159 cm³/mol. The van der Waals surface area contributed by atoms with E-state index in [1.54, 1.807) is 6.92 Å². The Kier molecular flexibility index (Phi) is 13.2. The van der Waals surface area contributed by atoms with Gasteiger partial charge in [-0.05, 0) is 101 Å². The smallest absolute Gasteiger partial charge is 0.314 e. The van der Waals surface area contributed by atoms with Gasteiger partial charge in [-0.3, -0.25) is 14.4 Å². The first-order chi connectivity index (χ1) is 19.3. The Morgan fingerprint density at radius 3 is 1.98 bits per heavy atom. The lowest BCUT2D eigenvalue weighted by atomic mass is 9.69. The number of hydrogen-bond acceptors (Lipinski definition) is 5. The highest BCUT2D eigenvalue weighted by molar-refractivity contribution is 5.92. The number of nitrogens with one attached hydrogen (secondary N) is 1. The molecule has 6 heteroatoms. The largest absolute Gasteiger partial charge is 0.465 e. The van der Waals surface area contributed by atoms with Crippen molar-refractivity contribution in [3.63, 3.8) is 0 Å². The molecule has 1 aromatic carbocycles. The van der Waals surface area contributed by atoms with Crippen molar-refractivity contribution >= 4 is 17.8 Å². The Hall–Kier alpha value is -2.63. The number of benzene rings is 1. The van der Waals surface area contributed by atoms with E-state index in [0.29, 0.717) is 42.2 Å². The Balaban J connectivity index is 1.25. The third kappa shape index (κ3) is 10.1. The highest BCUT2D eigenvalue weighted by Gasteiger charge is 2.35. The number of esters is 2. The van der Waals surface area contributed by atoms with E-state index in [0.717, 1.165) is 89.0 Å². The van der Waals surface area contributed by atoms with Crippen LogP contribution >= 0.6 is 0 Å². The second kappa shape index (κ2) is 16.6. The molecule has 0 saturated heterocycles. The van der Waals surface area contributed by atoms with Gasteiger partial charge < -0.3 is 14.8 Å². The van der Waals surface area contributed by atoms with E-state index >= 15 is 0 Å². The molecule has 6 nitrogen and oxygen atoms in total. The Labute approximate surface area is 241 Å². The number of hydrogen-bond donors (Lipinski definition) is 1. The standard InChI is InChI=1S/C34H51NO5/c1-24(2)30-12-8-9-13-31(30)40-34(38)29-20-16-27(17-21-29)26-14-18-28(19-15-26)33(37)39-23-11-7-5-6-10-22-35-32(36)25(3)4/h8-9,12-13,24,26-29H,3,5-7,10-11,14-23H2,1-2,4H3,(H,35,36). The lowest BCUT2D eigenvalue weighted by Gasteiger charge is -2.36. The number of para-hydroxylation sites is 1. The molecule has 0 atom stereocenters. The van der Waals surface area contributed by atoms with Crippen molar-refractivity contribution in [2.45, 2.75) is 110 Å². The Morgan fingerprint density at radius 2 is 1.38 bits per heavy atom. The number of carbonyl (C=O) groups is 3. The van der Waals surface area contributed by atoms with Crippen molar-refractivity contribution < 1.29 is 23.9 Å². The molecular weight excluding hydrogens is 502 g/mol. The van der Waals surface area contributed by atoms with Crippen LogP contribution in [0.1, 0.15) is 116 Å². The molecule has 0 heterocycles. The average Bonchev–Trinajstić information content (AvgIpc) is 2.96. The van der Waals surface area contributed by atoms with E-state index in [1.807, 2.05) is 24.3 Å². The molecule has 2 saturated carbocycles. The topological polar surface area (TPSA) is 81.7 Å². The maximum Gasteiger partial charge on any atom is 0.314 e. The number of amides is 1. The van der Waals surface area contributed by atoms with Crippen LogP contribution in [0.2, 0.25) is 0 Å². The van der Waals surface area contributed by atoms with Crippen LogP contribution in [0.3, 0.4) is 0 Å². The van der Waals surface area contributed by atoms with Gasteiger partial charge in [-0.15, -0.1) is 0 Å². The first-order valence-corrected chi connectivity index (χ1v) is 15.7. The molecule has 1 amide bonds. The highest BCUT2D eigenvalue weighted by Crippen LogP contribution is 2.42. The van der Waals surface area contributed by atoms with Crippen LogP contribution in [0.4, 0.5) is 0 Å². The van der Waals surface area contributed by atoms with Crippen LogP contribution in [0, 0.1) is 23.7 Å². The van der Waals surface area contributed by atoms with Crippen LogP contribution in [0.15, 0.2) is 36.4 Å². The van der Waals surface area contributed by atoms with Gasteiger partial charge in [-0.2, -0.15) is 0 Å². The summed E-state index contributed by atoms with van der Waals surface area (Å²) in [5.74, 6) is 2.19. The number of unbranched alkanes of at least 4 members (excludes halogenated alkanes) is 4. The Morgan fingerprint density at radius 1 is 0.825 bits per heavy atom. The summed E-state index contributed by atoms with van der Waals surface area (Å²) < 4.78 is 11.4. The van der Waals surface area contributed by atoms with Gasteiger partial charge >= 0.3 is 11.9 Å². The van der Waals surface area contributed by atoms with E-state index in [1.165, 1.54) is 0 Å². The molecule has 3 rings (SSSR count). The molecule has 2 aliphatic rings. The monoisotopic (exact) mass is 553 g/mol. The van der Waals surface area contributed by atoms with Gasteiger partial charge in [0.1, 0.15) is 5.75 Å². The van der Waals surface area contributed by atoms with Crippen molar-refractivity contribution in [3.8, 4) is 5.75 Å². The predicted octanol–water partition coefficient (Wildman–Crippen LogP) is 7.51. The first kappa shape index (κ1) is 31.9. The summed E-state index contributed by atoms with van der Waals surface area (Å²) in [6.07, 6.45) is 13.0. The maximum absolute atomic E-state index is 12.9. The van der Waals surface area contributed by atoms with Crippen molar-refractivity contribution in [2.24, 2.45) is 23.7 Å². The fourth-order valence-electron chi connectivity index (χ4n) is 6.30. The van der Waals surface area contributed by atoms with Gasteiger partial charge in [-0.25, -0.2) is 0 Å². The quantitative estimate of drug-likeness (QED) is 0.112. The molecule has 222 valence electrons. The number of carbonyl (C=O) groups excluding carboxylic acids is 3. The molecule has 1 N–H and O–H groups in total. The first-order valence-electron chi connectivity index (χ1n) is 15.7. The molecule has 0 bridgehead atoms. The van der Waals surface area contributed by atoms with Crippen molar-refractivity contribution in [2.75, 3.05) is 13.2 Å². The lowest BCUT2D eigenvalue weighted by molar-refractivity contribution is -0.150. The molecule has 0 spiro atoms. The molecular formula is C34H51NO5. The van der Waals surface area contributed by atoms with Crippen molar-refractivity contribution in [1.29, 1.82) is 0 Å². The third-order valence-corrected chi connectivity index (χ3v) is 8.87. The SMILES string of the molecule is C=C(C)C(=O)NCCCCCCCOC(=O)C1CCC(C2CCC(C(=O)Oc3ccccc3C(C)C)CC2)CC1. The third-order valence-electron chi connectivity index (χ3n) is 8.87. The maximum atomic E-state index is 12.9. The van der Waals surface area contributed by atoms with Crippen LogP contribution in [-0.4, -0.2) is 31.0 Å². The summed E-state index contributed by atoms with van der Waals surface area (Å²) in [5.41, 5.74) is 1.62. The zero-order chi connectivity index (χ0) is 28.9. The van der Waals surface area contributed by atoms with Crippen molar-refractivity contribution in [1.82, 2.24) is 5.32 Å². The molecule has 40 heavy (non-hydrogen) atoms. The minimum Gasteiger partial charge on any atom is -0.465 e. The number of ether oxygens (including phenoxy) is 2.